The molecule has 0 aromatic rings. The van der Waals surface area contributed by atoms with Crippen LogP contribution < -0.4 is 0 Å². The maximum Gasteiger partial charge on any atom is 0.303 e. The molecule has 0 bridgehead atoms. The number of nitrogens with zero attached hydrogens (tertiary/aromatic N) is 1. The Morgan fingerprint density at radius 1 is 1.50 bits per heavy atom. The maximum atomic E-state index is 10.1. The lowest BCUT2D eigenvalue weighted by Gasteiger charge is -2.03. The quantitative estimate of drug-likeness (QED) is 0.508. The van der Waals surface area contributed by atoms with Crippen molar-refractivity contribution in [2.75, 3.05) is 0 Å². The maximum absolute atomic E-state index is 10.1. The van der Waals surface area contributed by atoms with Crippen molar-refractivity contribution in [1.82, 2.24) is 0 Å². The molecule has 0 heterocycles. The van der Waals surface area contributed by atoms with Crippen molar-refractivity contribution in [3.63, 3.8) is 0 Å². The van der Waals surface area contributed by atoms with E-state index in [0.29, 0.717) is 12.1 Å². The number of carbonyl (C=O) groups is 1. The normalized spacial score (nSPS) is 11.8. The van der Waals surface area contributed by atoms with Crippen LogP contribution >= 0.6 is 0 Å². The summed E-state index contributed by atoms with van der Waals surface area (Å²) in [4.78, 5) is 15.1. The predicted molar refractivity (Wildman–Crippen MR) is 46.2 cm³/mol. The van der Waals surface area contributed by atoms with E-state index in [1.807, 2.05) is 13.8 Å². The third kappa shape index (κ3) is 7.05. The van der Waals surface area contributed by atoms with Crippen molar-refractivity contribution >= 4 is 11.7 Å². The minimum absolute atomic E-state index is 0.0461. The summed E-state index contributed by atoms with van der Waals surface area (Å²) in [6.45, 7) is 5.49. The topological polar surface area (TPSA) is 58.9 Å². The highest BCUT2D eigenvalue weighted by Crippen LogP contribution is 1.96. The average Bonchev–Trinajstić information content (AvgIpc) is 1.96. The molecule has 0 radical (unpaired) electrons. The first kappa shape index (κ1) is 10.9. The standard InChI is InChI=1S/C8H15NO3/c1-6(2)12-9-7(3)4-5-8(10)11/h6H,4-5H2,1-3H3,(H,10,11). The Hall–Kier alpha value is -1.06. The predicted octanol–water partition coefficient (Wildman–Crippen LogP) is 1.65. The molecule has 0 rings (SSSR count). The van der Waals surface area contributed by atoms with Crippen molar-refractivity contribution in [2.24, 2.45) is 5.16 Å². The van der Waals surface area contributed by atoms with E-state index in [-0.39, 0.29) is 12.5 Å². The number of carboxylic acid groups (broad SMARTS) is 1. The van der Waals surface area contributed by atoms with E-state index in [1.165, 1.54) is 0 Å². The Morgan fingerprint density at radius 2 is 2.08 bits per heavy atom. The van der Waals surface area contributed by atoms with Crippen LogP contribution in [0.4, 0.5) is 0 Å². The van der Waals surface area contributed by atoms with E-state index >= 15 is 0 Å². The van der Waals surface area contributed by atoms with Crippen molar-refractivity contribution < 1.29 is 14.7 Å². The Bertz CT molecular complexity index is 175. The summed E-state index contributed by atoms with van der Waals surface area (Å²) in [5.74, 6) is -0.811. The fraction of sp³-hybridized carbons (Fsp3) is 0.750. The molecule has 0 saturated carbocycles. The molecule has 0 aromatic carbocycles. The molecule has 0 aliphatic heterocycles. The Kier molecular flexibility index (Phi) is 5.08. The van der Waals surface area contributed by atoms with Crippen LogP contribution in [0.3, 0.4) is 0 Å². The second kappa shape index (κ2) is 5.57. The van der Waals surface area contributed by atoms with Gasteiger partial charge in [-0.25, -0.2) is 0 Å². The first-order chi connectivity index (χ1) is 5.52. The Labute approximate surface area is 72.2 Å². The molecule has 12 heavy (non-hydrogen) atoms. The smallest absolute Gasteiger partial charge is 0.303 e. The molecule has 0 saturated heterocycles. The Morgan fingerprint density at radius 3 is 2.50 bits per heavy atom. The second-order valence-electron chi connectivity index (χ2n) is 2.87. The molecule has 0 aromatic heterocycles. The van der Waals surface area contributed by atoms with Crippen LogP contribution in [0, 0.1) is 0 Å². The summed E-state index contributed by atoms with van der Waals surface area (Å²) in [6, 6.07) is 0. The van der Waals surface area contributed by atoms with Gasteiger partial charge in [0.05, 0.1) is 12.1 Å². The van der Waals surface area contributed by atoms with Gasteiger partial charge >= 0.3 is 5.97 Å². The van der Waals surface area contributed by atoms with Crippen LogP contribution in [-0.2, 0) is 9.63 Å². The lowest BCUT2D eigenvalue weighted by atomic mass is 10.2. The molecular formula is C8H15NO3. The monoisotopic (exact) mass is 173 g/mol. The van der Waals surface area contributed by atoms with Crippen molar-refractivity contribution in [2.45, 2.75) is 39.7 Å². The molecule has 70 valence electrons. The van der Waals surface area contributed by atoms with Crippen LogP contribution in [0.5, 0.6) is 0 Å². The van der Waals surface area contributed by atoms with E-state index in [9.17, 15) is 4.79 Å². The van der Waals surface area contributed by atoms with Gasteiger partial charge in [-0.3, -0.25) is 4.79 Å². The molecule has 0 fully saturated rings. The minimum Gasteiger partial charge on any atom is -0.481 e. The summed E-state index contributed by atoms with van der Waals surface area (Å²) < 4.78 is 0. The van der Waals surface area contributed by atoms with Crippen LogP contribution in [-0.4, -0.2) is 22.9 Å². The van der Waals surface area contributed by atoms with E-state index in [4.69, 9.17) is 9.94 Å². The zero-order chi connectivity index (χ0) is 9.56. The third-order valence-corrected chi connectivity index (χ3v) is 1.12. The van der Waals surface area contributed by atoms with Crippen molar-refractivity contribution in [3.05, 3.63) is 0 Å². The van der Waals surface area contributed by atoms with Gasteiger partial charge in [0.2, 0.25) is 0 Å². The van der Waals surface area contributed by atoms with Gasteiger partial charge in [-0.1, -0.05) is 5.16 Å². The van der Waals surface area contributed by atoms with Crippen LogP contribution in [0.2, 0.25) is 0 Å². The third-order valence-electron chi connectivity index (χ3n) is 1.12. The molecule has 0 unspecified atom stereocenters. The van der Waals surface area contributed by atoms with E-state index in [2.05, 4.69) is 5.16 Å². The average molecular weight is 173 g/mol. The lowest BCUT2D eigenvalue weighted by molar-refractivity contribution is -0.136. The molecule has 0 aliphatic rings. The molecule has 4 heteroatoms. The summed E-state index contributed by atoms with van der Waals surface area (Å²) in [5, 5.41) is 12.1. The molecule has 1 N–H and O–H groups in total. The van der Waals surface area contributed by atoms with Gasteiger partial charge in [0.15, 0.2) is 0 Å². The second-order valence-corrected chi connectivity index (χ2v) is 2.87. The van der Waals surface area contributed by atoms with E-state index in [1.54, 1.807) is 6.92 Å². The SMILES string of the molecule is CC(CCC(=O)O)=NOC(C)C. The molecule has 0 aliphatic carbocycles. The zero-order valence-electron chi connectivity index (χ0n) is 7.70. The van der Waals surface area contributed by atoms with E-state index in [0.717, 1.165) is 0 Å². The lowest BCUT2D eigenvalue weighted by Crippen LogP contribution is -2.03. The number of oxime groups is 1. The van der Waals surface area contributed by atoms with Crippen molar-refractivity contribution in [1.29, 1.82) is 0 Å². The van der Waals surface area contributed by atoms with Gasteiger partial charge in [0.25, 0.3) is 0 Å². The number of rotatable bonds is 5. The summed E-state index contributed by atoms with van der Waals surface area (Å²) in [7, 11) is 0. The van der Waals surface area contributed by atoms with Gasteiger partial charge in [0.1, 0.15) is 6.10 Å². The number of hydrogen-bond acceptors (Lipinski definition) is 3. The van der Waals surface area contributed by atoms with Crippen LogP contribution in [0.15, 0.2) is 5.16 Å². The molecule has 0 atom stereocenters. The molecule has 4 nitrogen and oxygen atoms in total. The minimum atomic E-state index is -0.811. The highest BCUT2D eigenvalue weighted by molar-refractivity contribution is 5.84. The fourth-order valence-corrected chi connectivity index (χ4v) is 0.529. The molecular weight excluding hydrogens is 158 g/mol. The number of hydrogen-bond donors (Lipinski definition) is 1. The van der Waals surface area contributed by atoms with Gasteiger partial charge < -0.3 is 9.94 Å². The summed E-state index contributed by atoms with van der Waals surface area (Å²) in [6.07, 6.45) is 0.600. The number of aliphatic carboxylic acids is 1. The largest absolute Gasteiger partial charge is 0.481 e. The number of carboxylic acids is 1. The molecule has 0 amide bonds. The van der Waals surface area contributed by atoms with Gasteiger partial charge in [-0.15, -0.1) is 0 Å². The summed E-state index contributed by atoms with van der Waals surface area (Å²) >= 11 is 0. The summed E-state index contributed by atoms with van der Waals surface area (Å²) in [5.41, 5.74) is 0.714. The zero-order valence-corrected chi connectivity index (χ0v) is 7.70. The highest BCUT2D eigenvalue weighted by atomic mass is 16.6. The first-order valence-corrected chi connectivity index (χ1v) is 3.93. The Balaban J connectivity index is 3.63. The fourth-order valence-electron chi connectivity index (χ4n) is 0.529. The van der Waals surface area contributed by atoms with Gasteiger partial charge in [0, 0.05) is 0 Å². The first-order valence-electron chi connectivity index (χ1n) is 3.93. The highest BCUT2D eigenvalue weighted by Gasteiger charge is 1.99. The van der Waals surface area contributed by atoms with Gasteiger partial charge in [-0.2, -0.15) is 0 Å². The van der Waals surface area contributed by atoms with Crippen LogP contribution in [0.25, 0.3) is 0 Å². The van der Waals surface area contributed by atoms with Gasteiger partial charge in [-0.05, 0) is 27.2 Å². The molecule has 0 spiro atoms. The van der Waals surface area contributed by atoms with Crippen molar-refractivity contribution in [3.8, 4) is 0 Å². The van der Waals surface area contributed by atoms with E-state index < -0.39 is 5.97 Å². The van der Waals surface area contributed by atoms with Crippen LogP contribution in [0.1, 0.15) is 33.6 Å².